The van der Waals surface area contributed by atoms with Gasteiger partial charge in [0, 0.05) is 7.11 Å². The molecule has 0 aliphatic carbocycles. The molecular formula is C10H9BrO2S. The van der Waals surface area contributed by atoms with Crippen LogP contribution in [0.5, 0.6) is 5.75 Å². The van der Waals surface area contributed by atoms with E-state index < -0.39 is 0 Å². The summed E-state index contributed by atoms with van der Waals surface area (Å²) in [5.74, 6) is 0.861. The van der Waals surface area contributed by atoms with E-state index in [2.05, 4.69) is 33.4 Å². The number of thiophene rings is 1. The Balaban J connectivity index is 2.47. The molecule has 0 amide bonds. The van der Waals surface area contributed by atoms with Crippen molar-refractivity contribution in [2.75, 3.05) is 13.9 Å². The van der Waals surface area contributed by atoms with E-state index in [1.165, 1.54) is 5.39 Å². The lowest BCUT2D eigenvalue weighted by Crippen LogP contribution is -1.99. The monoisotopic (exact) mass is 272 g/mol. The average molecular weight is 273 g/mol. The first-order valence-electron chi connectivity index (χ1n) is 4.10. The normalized spacial score (nSPS) is 10.7. The van der Waals surface area contributed by atoms with Crippen molar-refractivity contribution in [2.45, 2.75) is 0 Å². The molecule has 0 unspecified atom stereocenters. The van der Waals surface area contributed by atoms with Crippen molar-refractivity contribution in [3.8, 4) is 5.75 Å². The lowest BCUT2D eigenvalue weighted by molar-refractivity contribution is 0.0518. The Morgan fingerprint density at radius 1 is 1.36 bits per heavy atom. The second kappa shape index (κ2) is 4.29. The van der Waals surface area contributed by atoms with Crippen LogP contribution < -0.4 is 4.74 Å². The van der Waals surface area contributed by atoms with Crippen molar-refractivity contribution >= 4 is 37.4 Å². The van der Waals surface area contributed by atoms with E-state index in [-0.39, 0.29) is 6.79 Å². The van der Waals surface area contributed by atoms with Gasteiger partial charge in [-0.1, -0.05) is 6.07 Å². The van der Waals surface area contributed by atoms with Gasteiger partial charge in [0.2, 0.25) is 0 Å². The van der Waals surface area contributed by atoms with E-state index in [0.29, 0.717) is 0 Å². The lowest BCUT2D eigenvalue weighted by Gasteiger charge is -2.07. The Morgan fingerprint density at radius 3 is 3.00 bits per heavy atom. The van der Waals surface area contributed by atoms with Crippen LogP contribution in [0.3, 0.4) is 0 Å². The zero-order chi connectivity index (χ0) is 9.97. The SMILES string of the molecule is COCOc1c(Br)ccc2ccsc12. The van der Waals surface area contributed by atoms with Gasteiger partial charge in [0.05, 0.1) is 9.17 Å². The van der Waals surface area contributed by atoms with Crippen LogP contribution in [-0.2, 0) is 4.74 Å². The molecule has 14 heavy (non-hydrogen) atoms. The molecule has 0 N–H and O–H groups in total. The molecular weight excluding hydrogens is 264 g/mol. The predicted octanol–water partition coefficient (Wildman–Crippen LogP) is 3.65. The molecule has 0 atom stereocenters. The number of hydrogen-bond acceptors (Lipinski definition) is 3. The van der Waals surface area contributed by atoms with Crippen LogP contribution in [0.15, 0.2) is 28.1 Å². The van der Waals surface area contributed by atoms with Gasteiger partial charge in [-0.05, 0) is 38.8 Å². The van der Waals surface area contributed by atoms with E-state index >= 15 is 0 Å². The largest absolute Gasteiger partial charge is 0.465 e. The highest BCUT2D eigenvalue weighted by molar-refractivity contribution is 9.10. The van der Waals surface area contributed by atoms with Gasteiger partial charge >= 0.3 is 0 Å². The number of halogens is 1. The summed E-state index contributed by atoms with van der Waals surface area (Å²) < 4.78 is 12.5. The summed E-state index contributed by atoms with van der Waals surface area (Å²) in [5, 5.41) is 3.25. The smallest absolute Gasteiger partial charge is 0.188 e. The Labute approximate surface area is 94.6 Å². The number of fused-ring (bicyclic) bond motifs is 1. The van der Waals surface area contributed by atoms with Gasteiger partial charge in [-0.3, -0.25) is 0 Å². The maximum Gasteiger partial charge on any atom is 0.188 e. The van der Waals surface area contributed by atoms with Crippen LogP contribution in [0.25, 0.3) is 10.1 Å². The summed E-state index contributed by atoms with van der Waals surface area (Å²) in [6.07, 6.45) is 0. The van der Waals surface area contributed by atoms with Gasteiger partial charge in [-0.2, -0.15) is 0 Å². The highest BCUT2D eigenvalue weighted by Crippen LogP contribution is 2.36. The molecule has 1 aromatic carbocycles. The molecule has 0 aliphatic heterocycles. The topological polar surface area (TPSA) is 18.5 Å². The van der Waals surface area contributed by atoms with Crippen molar-refractivity contribution in [2.24, 2.45) is 0 Å². The quantitative estimate of drug-likeness (QED) is 0.795. The molecule has 0 radical (unpaired) electrons. The van der Waals surface area contributed by atoms with Crippen molar-refractivity contribution in [3.63, 3.8) is 0 Å². The molecule has 1 heterocycles. The van der Waals surface area contributed by atoms with Gasteiger partial charge in [-0.25, -0.2) is 0 Å². The summed E-state index contributed by atoms with van der Waals surface area (Å²) in [6, 6.07) is 6.13. The predicted molar refractivity (Wildman–Crippen MR) is 62.0 cm³/mol. The summed E-state index contributed by atoms with van der Waals surface area (Å²) in [5.41, 5.74) is 0. The minimum Gasteiger partial charge on any atom is -0.465 e. The second-order valence-electron chi connectivity index (χ2n) is 2.77. The van der Waals surface area contributed by atoms with Crippen LogP contribution in [0.4, 0.5) is 0 Å². The minimum atomic E-state index is 0.273. The standard InChI is InChI=1S/C10H9BrO2S/c1-12-6-13-9-8(11)3-2-7-4-5-14-10(7)9/h2-5H,6H2,1H3. The van der Waals surface area contributed by atoms with Gasteiger partial charge in [0.25, 0.3) is 0 Å². The van der Waals surface area contributed by atoms with Crippen molar-refractivity contribution in [1.29, 1.82) is 0 Å². The first kappa shape index (κ1) is 9.96. The van der Waals surface area contributed by atoms with Crippen LogP contribution in [-0.4, -0.2) is 13.9 Å². The lowest BCUT2D eigenvalue weighted by atomic mass is 10.2. The molecule has 2 nitrogen and oxygen atoms in total. The van der Waals surface area contributed by atoms with Gasteiger partial charge in [0.1, 0.15) is 0 Å². The maximum atomic E-state index is 5.50. The molecule has 74 valence electrons. The van der Waals surface area contributed by atoms with E-state index in [1.54, 1.807) is 18.4 Å². The molecule has 0 aliphatic rings. The van der Waals surface area contributed by atoms with Crippen molar-refractivity contribution < 1.29 is 9.47 Å². The highest BCUT2D eigenvalue weighted by Gasteiger charge is 2.07. The van der Waals surface area contributed by atoms with Crippen molar-refractivity contribution in [3.05, 3.63) is 28.1 Å². The van der Waals surface area contributed by atoms with Crippen LogP contribution in [0.1, 0.15) is 0 Å². The second-order valence-corrected chi connectivity index (χ2v) is 4.54. The number of hydrogen-bond donors (Lipinski definition) is 0. The molecule has 0 saturated carbocycles. The van der Waals surface area contributed by atoms with E-state index in [9.17, 15) is 0 Å². The van der Waals surface area contributed by atoms with E-state index in [4.69, 9.17) is 9.47 Å². The summed E-state index contributed by atoms with van der Waals surface area (Å²) >= 11 is 5.13. The summed E-state index contributed by atoms with van der Waals surface area (Å²) in [7, 11) is 1.61. The molecule has 1 aromatic heterocycles. The zero-order valence-corrected chi connectivity index (χ0v) is 10.0. The van der Waals surface area contributed by atoms with Gasteiger partial charge in [-0.15, -0.1) is 11.3 Å². The minimum absolute atomic E-state index is 0.273. The third-order valence-electron chi connectivity index (χ3n) is 1.85. The Morgan fingerprint density at radius 2 is 2.21 bits per heavy atom. The number of ether oxygens (including phenoxy) is 2. The van der Waals surface area contributed by atoms with Crippen LogP contribution in [0, 0.1) is 0 Å². The average Bonchev–Trinajstić information content (AvgIpc) is 2.64. The third kappa shape index (κ3) is 1.78. The Hall–Kier alpha value is -0.580. The van der Waals surface area contributed by atoms with Gasteiger partial charge < -0.3 is 9.47 Å². The fourth-order valence-electron chi connectivity index (χ4n) is 1.23. The molecule has 0 spiro atoms. The third-order valence-corrected chi connectivity index (χ3v) is 3.40. The first-order valence-corrected chi connectivity index (χ1v) is 5.77. The molecule has 0 fully saturated rings. The number of methoxy groups -OCH3 is 1. The van der Waals surface area contributed by atoms with Crippen LogP contribution >= 0.6 is 27.3 Å². The zero-order valence-electron chi connectivity index (χ0n) is 7.62. The highest BCUT2D eigenvalue weighted by atomic mass is 79.9. The summed E-state index contributed by atoms with van der Waals surface area (Å²) in [4.78, 5) is 0. The van der Waals surface area contributed by atoms with Crippen LogP contribution in [0.2, 0.25) is 0 Å². The fraction of sp³-hybridized carbons (Fsp3) is 0.200. The number of rotatable bonds is 3. The Bertz CT molecular complexity index is 439. The maximum absolute atomic E-state index is 5.50. The van der Waals surface area contributed by atoms with Gasteiger partial charge in [0.15, 0.2) is 12.5 Å². The van der Waals surface area contributed by atoms with E-state index in [0.717, 1.165) is 14.9 Å². The summed E-state index contributed by atoms with van der Waals surface area (Å²) in [6.45, 7) is 0.273. The molecule has 4 heteroatoms. The van der Waals surface area contributed by atoms with Crippen molar-refractivity contribution in [1.82, 2.24) is 0 Å². The molecule has 0 bridgehead atoms. The number of benzene rings is 1. The Kier molecular flexibility index (Phi) is 3.05. The fourth-order valence-corrected chi connectivity index (χ4v) is 2.71. The first-order chi connectivity index (χ1) is 6.83. The van der Waals surface area contributed by atoms with E-state index in [1.807, 2.05) is 6.07 Å². The molecule has 2 aromatic rings. The molecule has 2 rings (SSSR count). The molecule has 0 saturated heterocycles.